The van der Waals surface area contributed by atoms with Crippen molar-refractivity contribution in [2.45, 2.75) is 12.8 Å². The number of carbonyl (C=O) groups excluding carboxylic acids is 1. The number of pyridine rings is 2. The molecule has 0 unspecified atom stereocenters. The first kappa shape index (κ1) is 21.0. The Morgan fingerprint density at radius 2 is 1.86 bits per heavy atom. The van der Waals surface area contributed by atoms with E-state index in [2.05, 4.69) is 32.0 Å². The van der Waals surface area contributed by atoms with Gasteiger partial charge in [-0.2, -0.15) is 0 Å². The van der Waals surface area contributed by atoms with Crippen LogP contribution in [0.4, 0.5) is 5.69 Å². The zero-order valence-electron chi connectivity index (χ0n) is 15.3. The van der Waals surface area contributed by atoms with Gasteiger partial charge in [0.1, 0.15) is 5.15 Å². The molecule has 0 fully saturated rings. The lowest BCUT2D eigenvalue weighted by molar-refractivity contribution is 0.0696. The molecule has 1 aromatic carbocycles. The maximum Gasteiger partial charge on any atom is 0.338 e. The SMILES string of the molecule is O=C(O)c1cccnc1Cl.O=C(c1ccncc1Br)N1CCCc2ccccc21. The van der Waals surface area contributed by atoms with Crippen molar-refractivity contribution in [1.29, 1.82) is 0 Å². The third-order valence-electron chi connectivity index (χ3n) is 4.35. The van der Waals surface area contributed by atoms with Gasteiger partial charge in [-0.3, -0.25) is 9.78 Å². The molecule has 1 aliphatic rings. The van der Waals surface area contributed by atoms with E-state index in [9.17, 15) is 9.59 Å². The minimum absolute atomic E-state index is 0.0231. The topological polar surface area (TPSA) is 83.4 Å². The Morgan fingerprint density at radius 1 is 1.07 bits per heavy atom. The van der Waals surface area contributed by atoms with Crippen molar-refractivity contribution < 1.29 is 14.7 Å². The van der Waals surface area contributed by atoms with Crippen LogP contribution in [0.5, 0.6) is 0 Å². The van der Waals surface area contributed by atoms with E-state index in [0.717, 1.165) is 29.5 Å². The lowest BCUT2D eigenvalue weighted by Crippen LogP contribution is -2.35. The molecule has 0 saturated heterocycles. The lowest BCUT2D eigenvalue weighted by atomic mass is 10.0. The van der Waals surface area contributed by atoms with Gasteiger partial charge in [-0.1, -0.05) is 29.8 Å². The predicted molar refractivity (Wildman–Crippen MR) is 115 cm³/mol. The van der Waals surface area contributed by atoms with Gasteiger partial charge in [0.05, 0.1) is 11.1 Å². The zero-order chi connectivity index (χ0) is 20.8. The fourth-order valence-corrected chi connectivity index (χ4v) is 3.60. The number of halogens is 2. The summed E-state index contributed by atoms with van der Waals surface area (Å²) < 4.78 is 0.739. The maximum absolute atomic E-state index is 12.7. The Hall–Kier alpha value is -2.77. The molecule has 148 valence electrons. The van der Waals surface area contributed by atoms with E-state index in [0.29, 0.717) is 5.56 Å². The van der Waals surface area contributed by atoms with Crippen LogP contribution in [-0.4, -0.2) is 33.5 Å². The number of rotatable bonds is 2. The Labute approximate surface area is 181 Å². The van der Waals surface area contributed by atoms with Crippen molar-refractivity contribution in [1.82, 2.24) is 9.97 Å². The number of aryl methyl sites for hydroxylation is 1. The number of carboxylic acid groups (broad SMARTS) is 1. The molecule has 4 rings (SSSR count). The minimum Gasteiger partial charge on any atom is -0.478 e. The fraction of sp³-hybridized carbons (Fsp3) is 0.143. The third-order valence-corrected chi connectivity index (χ3v) is 5.28. The molecular weight excluding hydrogens is 458 g/mol. The van der Waals surface area contributed by atoms with Crippen LogP contribution in [0, 0.1) is 0 Å². The molecule has 0 radical (unpaired) electrons. The summed E-state index contributed by atoms with van der Waals surface area (Å²) in [6.45, 7) is 0.768. The standard InChI is InChI=1S/C15H13BrN2O.C6H4ClNO2/c16-13-10-17-8-7-12(13)15(19)18-9-3-5-11-4-1-2-6-14(11)18;7-5-4(6(9)10)2-1-3-8-5/h1-2,4,6-8,10H,3,5,9H2;1-3H,(H,9,10). The molecule has 3 heterocycles. The monoisotopic (exact) mass is 473 g/mol. The van der Waals surface area contributed by atoms with Crippen molar-refractivity contribution in [2.75, 3.05) is 11.4 Å². The number of carboxylic acids is 1. The molecule has 0 saturated carbocycles. The van der Waals surface area contributed by atoms with Crippen LogP contribution in [0.3, 0.4) is 0 Å². The maximum atomic E-state index is 12.7. The van der Waals surface area contributed by atoms with E-state index in [4.69, 9.17) is 16.7 Å². The van der Waals surface area contributed by atoms with E-state index in [1.807, 2.05) is 23.1 Å². The van der Waals surface area contributed by atoms with Crippen molar-refractivity contribution in [3.8, 4) is 0 Å². The van der Waals surface area contributed by atoms with Gasteiger partial charge in [0.15, 0.2) is 0 Å². The summed E-state index contributed by atoms with van der Waals surface area (Å²) in [7, 11) is 0. The highest BCUT2D eigenvalue weighted by Gasteiger charge is 2.24. The van der Waals surface area contributed by atoms with Crippen LogP contribution < -0.4 is 4.90 Å². The first-order valence-corrected chi connectivity index (χ1v) is 9.99. The van der Waals surface area contributed by atoms with Crippen LogP contribution in [-0.2, 0) is 6.42 Å². The van der Waals surface area contributed by atoms with Gasteiger partial charge in [0.2, 0.25) is 0 Å². The van der Waals surface area contributed by atoms with Gasteiger partial charge in [-0.05, 0) is 58.6 Å². The molecule has 0 bridgehead atoms. The molecule has 0 spiro atoms. The van der Waals surface area contributed by atoms with Crippen molar-refractivity contribution >= 4 is 45.1 Å². The Balaban J connectivity index is 0.000000204. The van der Waals surface area contributed by atoms with Gasteiger partial charge in [0, 0.05) is 35.3 Å². The molecule has 1 N–H and O–H groups in total. The third kappa shape index (κ3) is 4.99. The minimum atomic E-state index is -1.06. The normalized spacial score (nSPS) is 12.4. The Bertz CT molecular complexity index is 1040. The van der Waals surface area contributed by atoms with E-state index in [1.54, 1.807) is 18.5 Å². The first-order valence-electron chi connectivity index (χ1n) is 8.82. The molecule has 29 heavy (non-hydrogen) atoms. The summed E-state index contributed by atoms with van der Waals surface area (Å²) in [5.74, 6) is -1.03. The molecule has 8 heteroatoms. The predicted octanol–water partition coefficient (Wildman–Crippen LogP) is 4.87. The number of amides is 1. The second-order valence-electron chi connectivity index (χ2n) is 6.19. The van der Waals surface area contributed by atoms with Crippen molar-refractivity contribution in [3.05, 3.63) is 87.4 Å². The van der Waals surface area contributed by atoms with E-state index in [1.165, 1.54) is 23.9 Å². The van der Waals surface area contributed by atoms with Crippen LogP contribution in [0.2, 0.25) is 5.15 Å². The van der Waals surface area contributed by atoms with Crippen LogP contribution in [0.1, 0.15) is 32.7 Å². The number of hydrogen-bond donors (Lipinski definition) is 1. The van der Waals surface area contributed by atoms with Gasteiger partial charge in [-0.15, -0.1) is 0 Å². The highest BCUT2D eigenvalue weighted by molar-refractivity contribution is 9.10. The number of nitrogens with zero attached hydrogens (tertiary/aromatic N) is 3. The molecule has 0 atom stereocenters. The van der Waals surface area contributed by atoms with Crippen molar-refractivity contribution in [3.63, 3.8) is 0 Å². The first-order chi connectivity index (χ1) is 14.0. The zero-order valence-corrected chi connectivity index (χ0v) is 17.6. The second kappa shape index (κ2) is 9.62. The Morgan fingerprint density at radius 3 is 2.55 bits per heavy atom. The molecule has 3 aromatic rings. The lowest BCUT2D eigenvalue weighted by Gasteiger charge is -2.29. The average molecular weight is 475 g/mol. The molecule has 0 aliphatic carbocycles. The van der Waals surface area contributed by atoms with Gasteiger partial charge < -0.3 is 10.0 Å². The number of anilines is 1. The number of aromatic carboxylic acids is 1. The molecular formula is C21H17BrClN3O3. The summed E-state index contributed by atoms with van der Waals surface area (Å²) in [6, 6.07) is 12.8. The fourth-order valence-electron chi connectivity index (χ4n) is 2.98. The molecule has 2 aromatic heterocycles. The molecule has 1 amide bonds. The number of fused-ring (bicyclic) bond motifs is 1. The highest BCUT2D eigenvalue weighted by atomic mass is 79.9. The summed E-state index contributed by atoms with van der Waals surface area (Å²) >= 11 is 8.82. The highest BCUT2D eigenvalue weighted by Crippen LogP contribution is 2.29. The van der Waals surface area contributed by atoms with E-state index in [-0.39, 0.29) is 16.6 Å². The summed E-state index contributed by atoms with van der Waals surface area (Å²) in [5.41, 5.74) is 2.96. The number of hydrogen-bond acceptors (Lipinski definition) is 4. The Kier molecular flexibility index (Phi) is 6.95. The molecule has 1 aliphatic heterocycles. The van der Waals surface area contributed by atoms with E-state index >= 15 is 0 Å². The summed E-state index contributed by atoms with van der Waals surface area (Å²) in [6.07, 6.45) is 6.79. The van der Waals surface area contributed by atoms with E-state index < -0.39 is 5.97 Å². The summed E-state index contributed by atoms with van der Waals surface area (Å²) in [5, 5.41) is 8.46. The summed E-state index contributed by atoms with van der Waals surface area (Å²) in [4.78, 5) is 32.4. The van der Waals surface area contributed by atoms with Gasteiger partial charge >= 0.3 is 5.97 Å². The quantitative estimate of drug-likeness (QED) is 0.536. The van der Waals surface area contributed by atoms with Crippen LogP contribution in [0.25, 0.3) is 0 Å². The largest absolute Gasteiger partial charge is 0.478 e. The van der Waals surface area contributed by atoms with Crippen LogP contribution >= 0.6 is 27.5 Å². The second-order valence-corrected chi connectivity index (χ2v) is 7.40. The number of aromatic nitrogens is 2. The van der Waals surface area contributed by atoms with Crippen molar-refractivity contribution in [2.24, 2.45) is 0 Å². The smallest absolute Gasteiger partial charge is 0.338 e. The number of para-hydroxylation sites is 1. The van der Waals surface area contributed by atoms with Crippen LogP contribution in [0.15, 0.2) is 65.5 Å². The van der Waals surface area contributed by atoms with Gasteiger partial charge in [-0.25, -0.2) is 9.78 Å². The average Bonchev–Trinajstić information content (AvgIpc) is 2.74. The number of carbonyl (C=O) groups is 2. The molecule has 6 nitrogen and oxygen atoms in total. The number of benzene rings is 1. The van der Waals surface area contributed by atoms with Gasteiger partial charge in [0.25, 0.3) is 5.91 Å².